The van der Waals surface area contributed by atoms with E-state index in [2.05, 4.69) is 21.2 Å². The summed E-state index contributed by atoms with van der Waals surface area (Å²) in [5.41, 5.74) is 0.913. The van der Waals surface area contributed by atoms with Gasteiger partial charge in [-0.1, -0.05) is 36.7 Å². The molecule has 1 aromatic rings. The molecule has 0 aliphatic heterocycles. The van der Waals surface area contributed by atoms with Crippen molar-refractivity contribution in [2.24, 2.45) is 5.41 Å². The van der Waals surface area contributed by atoms with Crippen molar-refractivity contribution in [2.45, 2.75) is 20.8 Å². The molecule has 1 amide bonds. The van der Waals surface area contributed by atoms with Crippen LogP contribution in [0.3, 0.4) is 0 Å². The quantitative estimate of drug-likeness (QED) is 0.688. The van der Waals surface area contributed by atoms with Crippen LogP contribution < -0.4 is 5.32 Å². The molecule has 0 aromatic heterocycles. The van der Waals surface area contributed by atoms with Crippen LogP contribution in [0, 0.1) is 5.41 Å². The van der Waals surface area contributed by atoms with Crippen molar-refractivity contribution in [2.75, 3.05) is 10.6 Å². The van der Waals surface area contributed by atoms with Gasteiger partial charge in [-0.05, 0) is 24.3 Å². The number of hydrogen-bond acceptors (Lipinski definition) is 2. The second-order valence-corrected chi connectivity index (χ2v) is 5.40. The Balaban J connectivity index is 2.76. The zero-order chi connectivity index (χ0) is 13.1. The highest BCUT2D eigenvalue weighted by molar-refractivity contribution is 9.09. The number of benzene rings is 1. The van der Waals surface area contributed by atoms with Gasteiger partial charge >= 0.3 is 0 Å². The summed E-state index contributed by atoms with van der Waals surface area (Å²) in [6.45, 7) is 5.56. The third-order valence-electron chi connectivity index (χ3n) is 2.27. The van der Waals surface area contributed by atoms with Gasteiger partial charge in [0.05, 0.1) is 5.33 Å². The Morgan fingerprint density at radius 2 is 1.71 bits per heavy atom. The third-order valence-corrected chi connectivity index (χ3v) is 2.78. The molecule has 0 radical (unpaired) electrons. The van der Waals surface area contributed by atoms with Crippen molar-refractivity contribution in [3.63, 3.8) is 0 Å². The van der Waals surface area contributed by atoms with Crippen LogP contribution >= 0.6 is 15.9 Å². The minimum absolute atomic E-state index is 0.0266. The highest BCUT2D eigenvalue weighted by atomic mass is 79.9. The normalized spacial score (nSPS) is 11.1. The molecule has 0 heterocycles. The van der Waals surface area contributed by atoms with Gasteiger partial charge in [-0.2, -0.15) is 0 Å². The van der Waals surface area contributed by atoms with Crippen molar-refractivity contribution in [1.29, 1.82) is 0 Å². The summed E-state index contributed by atoms with van der Waals surface area (Å²) in [5.74, 6) is -0.0178. The molecule has 0 unspecified atom stereocenters. The lowest BCUT2D eigenvalue weighted by Gasteiger charge is -2.17. The standard InChI is InChI=1S/C13H16BrNO2/c1-13(2,3)12(17)15-10-6-4-9(5-7-10)11(16)8-14/h4-7H,8H2,1-3H3,(H,15,17). The van der Waals surface area contributed by atoms with Gasteiger partial charge in [-0.3, -0.25) is 9.59 Å². The number of nitrogens with one attached hydrogen (secondary N) is 1. The molecule has 0 fully saturated rings. The van der Waals surface area contributed by atoms with Crippen molar-refractivity contribution in [3.05, 3.63) is 29.8 Å². The highest BCUT2D eigenvalue weighted by Crippen LogP contribution is 2.18. The second-order valence-electron chi connectivity index (χ2n) is 4.84. The molecule has 3 nitrogen and oxygen atoms in total. The predicted molar refractivity (Wildman–Crippen MR) is 72.7 cm³/mol. The summed E-state index contributed by atoms with van der Waals surface area (Å²) in [7, 11) is 0. The van der Waals surface area contributed by atoms with Gasteiger partial charge in [0.2, 0.25) is 5.91 Å². The van der Waals surface area contributed by atoms with Gasteiger partial charge in [0, 0.05) is 16.7 Å². The van der Waals surface area contributed by atoms with Gasteiger partial charge in [0.25, 0.3) is 0 Å². The van der Waals surface area contributed by atoms with Crippen LogP contribution in [-0.2, 0) is 4.79 Å². The molecule has 1 aromatic carbocycles. The first kappa shape index (κ1) is 13.9. The van der Waals surface area contributed by atoms with E-state index in [0.29, 0.717) is 16.6 Å². The number of halogens is 1. The van der Waals surface area contributed by atoms with E-state index in [1.807, 2.05) is 20.8 Å². The maximum Gasteiger partial charge on any atom is 0.229 e. The second kappa shape index (κ2) is 5.45. The molecule has 92 valence electrons. The van der Waals surface area contributed by atoms with Crippen molar-refractivity contribution < 1.29 is 9.59 Å². The van der Waals surface area contributed by atoms with Crippen LogP contribution in [0.15, 0.2) is 24.3 Å². The molecule has 0 spiro atoms. The number of anilines is 1. The molecule has 0 saturated carbocycles. The Morgan fingerprint density at radius 1 is 1.18 bits per heavy atom. The molecular formula is C13H16BrNO2. The summed E-state index contributed by atoms with van der Waals surface area (Å²) in [5, 5.41) is 3.11. The lowest BCUT2D eigenvalue weighted by atomic mass is 9.95. The molecular weight excluding hydrogens is 282 g/mol. The van der Waals surface area contributed by atoms with E-state index in [-0.39, 0.29) is 11.7 Å². The first-order chi connectivity index (χ1) is 7.84. The van der Waals surface area contributed by atoms with Crippen LogP contribution in [0.5, 0.6) is 0 Å². The molecule has 0 saturated heterocycles. The van der Waals surface area contributed by atoms with Gasteiger partial charge < -0.3 is 5.32 Å². The smallest absolute Gasteiger partial charge is 0.229 e. The van der Waals surface area contributed by atoms with Crippen LogP contribution in [-0.4, -0.2) is 17.0 Å². The molecule has 1 rings (SSSR count). The lowest BCUT2D eigenvalue weighted by Crippen LogP contribution is -2.27. The van der Waals surface area contributed by atoms with E-state index >= 15 is 0 Å². The number of carbonyl (C=O) groups is 2. The van der Waals surface area contributed by atoms with Gasteiger partial charge in [-0.15, -0.1) is 0 Å². The first-order valence-corrected chi connectivity index (χ1v) is 6.47. The number of hydrogen-bond donors (Lipinski definition) is 1. The summed E-state index contributed by atoms with van der Waals surface area (Å²) >= 11 is 3.12. The third kappa shape index (κ3) is 3.97. The number of alkyl halides is 1. The fraction of sp³-hybridized carbons (Fsp3) is 0.385. The number of rotatable bonds is 3. The average Bonchev–Trinajstić information content (AvgIpc) is 2.27. The molecule has 1 N–H and O–H groups in total. The molecule has 0 aliphatic rings. The molecule has 0 atom stereocenters. The Morgan fingerprint density at radius 3 is 2.12 bits per heavy atom. The number of carbonyl (C=O) groups excluding carboxylic acids is 2. The topological polar surface area (TPSA) is 46.2 Å². The Hall–Kier alpha value is -1.16. The fourth-order valence-electron chi connectivity index (χ4n) is 1.14. The van der Waals surface area contributed by atoms with Crippen molar-refractivity contribution in [1.82, 2.24) is 0 Å². The Bertz CT molecular complexity index is 418. The van der Waals surface area contributed by atoms with Crippen LogP contribution in [0.25, 0.3) is 0 Å². The molecule has 0 aliphatic carbocycles. The summed E-state index contributed by atoms with van der Waals surface area (Å²) in [4.78, 5) is 23.1. The monoisotopic (exact) mass is 297 g/mol. The van der Waals surface area contributed by atoms with E-state index in [1.165, 1.54) is 0 Å². The van der Waals surface area contributed by atoms with Gasteiger partial charge in [0.15, 0.2) is 5.78 Å². The molecule has 17 heavy (non-hydrogen) atoms. The predicted octanol–water partition coefficient (Wildman–Crippen LogP) is 3.25. The average molecular weight is 298 g/mol. The minimum Gasteiger partial charge on any atom is -0.326 e. The summed E-state index contributed by atoms with van der Waals surface area (Å²) in [6, 6.07) is 6.89. The summed E-state index contributed by atoms with van der Waals surface area (Å²) in [6.07, 6.45) is 0. The zero-order valence-corrected chi connectivity index (χ0v) is 11.8. The Kier molecular flexibility index (Phi) is 4.46. The van der Waals surface area contributed by atoms with E-state index in [1.54, 1.807) is 24.3 Å². The number of Topliss-reactive ketones (excluding diaryl/α,β-unsaturated/α-hetero) is 1. The SMILES string of the molecule is CC(C)(C)C(=O)Nc1ccc(C(=O)CBr)cc1. The van der Waals surface area contributed by atoms with E-state index in [4.69, 9.17) is 0 Å². The van der Waals surface area contributed by atoms with E-state index in [9.17, 15) is 9.59 Å². The number of amides is 1. The van der Waals surface area contributed by atoms with E-state index in [0.717, 1.165) is 0 Å². The van der Waals surface area contributed by atoms with Crippen LogP contribution in [0.4, 0.5) is 5.69 Å². The fourth-order valence-corrected chi connectivity index (χ4v) is 1.46. The first-order valence-electron chi connectivity index (χ1n) is 5.35. The zero-order valence-electron chi connectivity index (χ0n) is 10.2. The van der Waals surface area contributed by atoms with Crippen LogP contribution in [0.1, 0.15) is 31.1 Å². The molecule has 0 bridgehead atoms. The minimum atomic E-state index is -0.426. The maximum atomic E-state index is 11.7. The van der Waals surface area contributed by atoms with E-state index < -0.39 is 5.41 Å². The lowest BCUT2D eigenvalue weighted by molar-refractivity contribution is -0.123. The van der Waals surface area contributed by atoms with Gasteiger partial charge in [-0.25, -0.2) is 0 Å². The summed E-state index contributed by atoms with van der Waals surface area (Å²) < 4.78 is 0. The molecule has 4 heteroatoms. The van der Waals surface area contributed by atoms with Crippen molar-refractivity contribution >= 4 is 33.3 Å². The highest BCUT2D eigenvalue weighted by Gasteiger charge is 2.21. The largest absolute Gasteiger partial charge is 0.326 e. The maximum absolute atomic E-state index is 11.7. The van der Waals surface area contributed by atoms with Crippen molar-refractivity contribution in [3.8, 4) is 0 Å². The Labute approximate surface area is 110 Å². The van der Waals surface area contributed by atoms with Gasteiger partial charge in [0.1, 0.15) is 0 Å². The number of ketones is 1. The van der Waals surface area contributed by atoms with Crippen LogP contribution in [0.2, 0.25) is 0 Å².